The van der Waals surface area contributed by atoms with Crippen LogP contribution in [0.2, 0.25) is 0 Å². The van der Waals surface area contributed by atoms with Crippen molar-refractivity contribution in [2.45, 2.75) is 57.6 Å². The summed E-state index contributed by atoms with van der Waals surface area (Å²) in [4.78, 5) is 40.9. The predicted octanol–water partition coefficient (Wildman–Crippen LogP) is 5.90. The van der Waals surface area contributed by atoms with Crippen molar-refractivity contribution >= 4 is 50.6 Å². The molecule has 0 aromatic carbocycles. The van der Waals surface area contributed by atoms with Gasteiger partial charge in [0.1, 0.15) is 15.8 Å². The molecule has 9 nitrogen and oxygen atoms in total. The molecular weight excluding hydrogens is 512 g/mol. The van der Waals surface area contributed by atoms with E-state index in [0.29, 0.717) is 39.2 Å². The SMILES string of the molecule is C=CC(=C)N1CCC[C@@H](NC(=O)c2sc3nccc4c3c2NC(=O)N4c2cnc(OC3CCCC3)cc2C)C1. The Morgan fingerprint density at radius 2 is 2.05 bits per heavy atom. The van der Waals surface area contributed by atoms with Crippen LogP contribution in [0.15, 0.2) is 49.5 Å². The number of aryl methyl sites for hydroxylation is 1. The lowest BCUT2D eigenvalue weighted by atomic mass is 10.0. The maximum Gasteiger partial charge on any atom is 0.331 e. The van der Waals surface area contributed by atoms with E-state index in [1.807, 2.05) is 13.0 Å². The minimum atomic E-state index is -0.345. The Morgan fingerprint density at radius 3 is 2.82 bits per heavy atom. The van der Waals surface area contributed by atoms with Crippen molar-refractivity contribution in [3.05, 3.63) is 59.9 Å². The van der Waals surface area contributed by atoms with Gasteiger partial charge in [-0.15, -0.1) is 11.3 Å². The molecule has 6 rings (SSSR count). The summed E-state index contributed by atoms with van der Waals surface area (Å²) in [6.45, 7) is 11.4. The van der Waals surface area contributed by atoms with Gasteiger partial charge < -0.3 is 20.3 Å². The van der Waals surface area contributed by atoms with E-state index in [4.69, 9.17) is 4.74 Å². The maximum atomic E-state index is 13.5. The Morgan fingerprint density at radius 1 is 1.23 bits per heavy atom. The molecule has 5 heterocycles. The van der Waals surface area contributed by atoms with Gasteiger partial charge in [-0.3, -0.25) is 9.69 Å². The molecule has 0 radical (unpaired) electrons. The fraction of sp³-hybridized carbons (Fsp3) is 0.379. The number of rotatable bonds is 7. The molecule has 0 unspecified atom stereocenters. The third-order valence-electron chi connectivity index (χ3n) is 7.74. The third-order valence-corrected chi connectivity index (χ3v) is 8.84. The van der Waals surface area contributed by atoms with E-state index in [1.165, 1.54) is 24.2 Å². The Hall–Kier alpha value is -3.92. The van der Waals surface area contributed by atoms with Crippen molar-refractivity contribution in [3.63, 3.8) is 0 Å². The molecule has 1 aliphatic carbocycles. The van der Waals surface area contributed by atoms with Crippen LogP contribution in [0.1, 0.15) is 53.8 Å². The van der Waals surface area contributed by atoms with Gasteiger partial charge in [0, 0.05) is 37.1 Å². The molecule has 2 aliphatic heterocycles. The molecule has 3 aliphatic rings. The number of hydrogen-bond donors (Lipinski definition) is 2. The Kier molecular flexibility index (Phi) is 6.72. The number of thiophene rings is 1. The van der Waals surface area contributed by atoms with Gasteiger partial charge >= 0.3 is 6.03 Å². The van der Waals surface area contributed by atoms with Crippen LogP contribution in [0, 0.1) is 6.92 Å². The molecule has 1 atom stereocenters. The predicted molar refractivity (Wildman–Crippen MR) is 154 cm³/mol. The van der Waals surface area contributed by atoms with Gasteiger partial charge in [-0.25, -0.2) is 14.8 Å². The zero-order valence-electron chi connectivity index (χ0n) is 22.0. The summed E-state index contributed by atoms with van der Waals surface area (Å²) in [6, 6.07) is 3.32. The van der Waals surface area contributed by atoms with Crippen LogP contribution in [0.5, 0.6) is 5.88 Å². The lowest BCUT2D eigenvalue weighted by Crippen LogP contribution is -2.47. The Balaban J connectivity index is 1.28. The highest BCUT2D eigenvalue weighted by Gasteiger charge is 2.34. The first kappa shape index (κ1) is 25.4. The number of ether oxygens (including phenoxy) is 1. The number of likely N-dealkylation sites (tertiary alicyclic amines) is 1. The topological polar surface area (TPSA) is 99.7 Å². The van der Waals surface area contributed by atoms with Crippen molar-refractivity contribution in [1.29, 1.82) is 0 Å². The molecule has 2 fully saturated rings. The number of piperidine rings is 1. The second kappa shape index (κ2) is 10.3. The van der Waals surface area contributed by atoms with Crippen LogP contribution in [0.3, 0.4) is 0 Å². The molecule has 1 saturated heterocycles. The monoisotopic (exact) mass is 544 g/mol. The summed E-state index contributed by atoms with van der Waals surface area (Å²) in [5, 5.41) is 6.89. The van der Waals surface area contributed by atoms with Gasteiger partial charge in [-0.2, -0.15) is 0 Å². The first-order valence-corrected chi connectivity index (χ1v) is 14.3. The largest absolute Gasteiger partial charge is 0.474 e. The minimum Gasteiger partial charge on any atom is -0.474 e. The van der Waals surface area contributed by atoms with Crippen LogP contribution in [-0.4, -0.2) is 52.0 Å². The van der Waals surface area contributed by atoms with Crippen LogP contribution in [-0.2, 0) is 0 Å². The first-order valence-electron chi connectivity index (χ1n) is 13.5. The van der Waals surface area contributed by atoms with Crippen molar-refractivity contribution in [2.24, 2.45) is 0 Å². The number of pyridine rings is 2. The molecular formula is C29H32N6O3S. The fourth-order valence-corrected chi connectivity index (χ4v) is 6.74. The van der Waals surface area contributed by atoms with E-state index in [0.717, 1.165) is 48.9 Å². The van der Waals surface area contributed by atoms with E-state index in [9.17, 15) is 9.59 Å². The van der Waals surface area contributed by atoms with E-state index in [2.05, 4.69) is 38.7 Å². The van der Waals surface area contributed by atoms with Crippen LogP contribution < -0.4 is 20.3 Å². The van der Waals surface area contributed by atoms with Crippen molar-refractivity contribution in [2.75, 3.05) is 23.3 Å². The van der Waals surface area contributed by atoms with E-state index in [1.54, 1.807) is 29.4 Å². The Bertz CT molecular complexity index is 1480. The molecule has 202 valence electrons. The number of nitrogens with one attached hydrogen (secondary N) is 2. The Labute approximate surface area is 231 Å². The number of aromatic nitrogens is 2. The minimum absolute atomic E-state index is 0.0257. The lowest BCUT2D eigenvalue weighted by Gasteiger charge is -2.35. The van der Waals surface area contributed by atoms with Crippen LogP contribution in [0.25, 0.3) is 10.2 Å². The fourth-order valence-electron chi connectivity index (χ4n) is 5.72. The highest BCUT2D eigenvalue weighted by Crippen LogP contribution is 2.46. The van der Waals surface area contributed by atoms with Crippen molar-refractivity contribution in [1.82, 2.24) is 20.2 Å². The molecule has 0 bridgehead atoms. The van der Waals surface area contributed by atoms with Gasteiger partial charge in [-0.1, -0.05) is 13.2 Å². The molecule has 2 N–H and O–H groups in total. The zero-order chi connectivity index (χ0) is 27.1. The zero-order valence-corrected chi connectivity index (χ0v) is 22.9. The number of hydrogen-bond acceptors (Lipinski definition) is 7. The molecule has 0 spiro atoms. The number of carbonyl (C=O) groups excluding carboxylic acids is 2. The number of amides is 3. The number of allylic oxidation sites excluding steroid dienone is 1. The third kappa shape index (κ3) is 4.73. The molecule has 3 aromatic rings. The van der Waals surface area contributed by atoms with Gasteiger partial charge in [-0.05, 0) is 63.2 Å². The first-order chi connectivity index (χ1) is 18.9. The summed E-state index contributed by atoms with van der Waals surface area (Å²) in [5.74, 6) is 0.364. The summed E-state index contributed by atoms with van der Waals surface area (Å²) < 4.78 is 6.06. The summed E-state index contributed by atoms with van der Waals surface area (Å²) in [6.07, 6.45) is 11.6. The standard InChI is InChI=1S/C29H32N6O3S/c1-4-18(3)34-13-7-8-19(16-34)32-27(36)26-25-24-21(11-12-30-28(24)39-26)35(29(37)33-25)22-15-31-23(14-17(22)2)38-20-9-5-6-10-20/h4,11-12,14-15,19-20H,1,3,5-10,13,16H2,2H3,(H,32,36)(H,33,37)/t19-/m1/s1. The highest BCUT2D eigenvalue weighted by molar-refractivity contribution is 7.21. The van der Waals surface area contributed by atoms with Gasteiger partial charge in [0.2, 0.25) is 5.88 Å². The lowest BCUT2D eigenvalue weighted by molar-refractivity contribution is 0.0920. The summed E-state index contributed by atoms with van der Waals surface area (Å²) >= 11 is 1.29. The van der Waals surface area contributed by atoms with Crippen LogP contribution >= 0.6 is 11.3 Å². The molecule has 10 heteroatoms. The van der Waals surface area contributed by atoms with Crippen molar-refractivity contribution in [3.8, 4) is 5.88 Å². The number of anilines is 3. The van der Waals surface area contributed by atoms with Gasteiger partial charge in [0.15, 0.2) is 0 Å². The number of carbonyl (C=O) groups is 2. The second-order valence-corrected chi connectivity index (χ2v) is 11.4. The van der Waals surface area contributed by atoms with E-state index >= 15 is 0 Å². The van der Waals surface area contributed by atoms with Crippen LogP contribution in [0.4, 0.5) is 21.9 Å². The number of urea groups is 1. The highest BCUT2D eigenvalue weighted by atomic mass is 32.1. The summed E-state index contributed by atoms with van der Waals surface area (Å²) in [5.41, 5.74) is 3.57. The quantitative estimate of drug-likeness (QED) is 0.360. The molecule has 1 saturated carbocycles. The van der Waals surface area contributed by atoms with Crippen molar-refractivity contribution < 1.29 is 14.3 Å². The molecule has 39 heavy (non-hydrogen) atoms. The average molecular weight is 545 g/mol. The smallest absolute Gasteiger partial charge is 0.331 e. The number of nitrogens with zero attached hydrogens (tertiary/aromatic N) is 4. The van der Waals surface area contributed by atoms with Gasteiger partial charge in [0.05, 0.1) is 28.6 Å². The van der Waals surface area contributed by atoms with Gasteiger partial charge in [0.25, 0.3) is 5.91 Å². The normalized spacial score (nSPS) is 19.2. The maximum absolute atomic E-state index is 13.5. The molecule has 3 aromatic heterocycles. The summed E-state index contributed by atoms with van der Waals surface area (Å²) in [7, 11) is 0. The average Bonchev–Trinajstić information content (AvgIpc) is 3.58. The van der Waals surface area contributed by atoms with E-state index in [-0.39, 0.29) is 24.1 Å². The molecule has 3 amide bonds. The second-order valence-electron chi connectivity index (χ2n) is 10.4. The van der Waals surface area contributed by atoms with E-state index < -0.39 is 0 Å².